The van der Waals surface area contributed by atoms with Crippen molar-refractivity contribution in [3.8, 4) is 0 Å². The molecule has 2 heterocycles. The molecule has 2 fully saturated rings. The maximum atomic E-state index is 13.2. The third kappa shape index (κ3) is 31.8. The molecule has 2 rings (SSSR count). The van der Waals surface area contributed by atoms with Gasteiger partial charge in [-0.15, -0.1) is 0 Å². The molecular formula is C61H103NO13. The van der Waals surface area contributed by atoms with E-state index in [1.165, 1.54) is 70.6 Å². The molecule has 0 aromatic heterocycles. The fourth-order valence-corrected chi connectivity index (χ4v) is 8.82. The number of carbonyl (C=O) groups excluding carboxylic acids is 1. The Morgan fingerprint density at radius 3 is 1.47 bits per heavy atom. The zero-order valence-corrected chi connectivity index (χ0v) is 46.0. The molecule has 0 bridgehead atoms. The van der Waals surface area contributed by atoms with Crippen molar-refractivity contribution in [3.05, 3.63) is 97.2 Å². The SMILES string of the molecule is CC/C=C\C/C=C\C/C=C\C/C=C\C/C=C\CCCCCCCCCCCCCC(=O)NC(COC1OC(CO)C(OC2OC(CO)C(O)C(O)C2O)C(O)C1O)C(O)/C=C/CC/C=C/CC/C=C/CCCCCC. The van der Waals surface area contributed by atoms with E-state index in [4.69, 9.17) is 18.9 Å². The van der Waals surface area contributed by atoms with Crippen LogP contribution in [0.25, 0.3) is 0 Å². The zero-order chi connectivity index (χ0) is 54.6. The number of aliphatic hydroxyl groups excluding tert-OH is 8. The molecule has 14 heteroatoms. The fraction of sp³-hybridized carbons (Fsp3) is 0.721. The van der Waals surface area contributed by atoms with Crippen LogP contribution in [0.5, 0.6) is 0 Å². The topological polar surface area (TPSA) is 228 Å². The van der Waals surface area contributed by atoms with Crippen LogP contribution < -0.4 is 5.32 Å². The Labute approximate surface area is 452 Å². The van der Waals surface area contributed by atoms with Crippen LogP contribution in [0.1, 0.15) is 187 Å². The van der Waals surface area contributed by atoms with Gasteiger partial charge in [0.15, 0.2) is 12.6 Å². The number of unbranched alkanes of at least 4 members (excludes halogenated alkanes) is 17. The van der Waals surface area contributed by atoms with Crippen LogP contribution in [-0.4, -0.2) is 140 Å². The summed E-state index contributed by atoms with van der Waals surface area (Å²) in [7, 11) is 0. The van der Waals surface area contributed by atoms with E-state index in [1.54, 1.807) is 6.08 Å². The molecule has 0 aromatic rings. The van der Waals surface area contributed by atoms with Crippen molar-refractivity contribution >= 4 is 5.91 Å². The molecule has 0 aliphatic carbocycles. The predicted molar refractivity (Wildman–Crippen MR) is 299 cm³/mol. The van der Waals surface area contributed by atoms with Crippen molar-refractivity contribution in [2.45, 2.75) is 261 Å². The highest BCUT2D eigenvalue weighted by atomic mass is 16.7. The van der Waals surface area contributed by atoms with Crippen LogP contribution in [0.3, 0.4) is 0 Å². The van der Waals surface area contributed by atoms with Gasteiger partial charge in [-0.25, -0.2) is 0 Å². The Hall–Kier alpha value is -3.09. The van der Waals surface area contributed by atoms with Gasteiger partial charge >= 0.3 is 0 Å². The average molecular weight is 1060 g/mol. The molecule has 0 spiro atoms. The van der Waals surface area contributed by atoms with Crippen molar-refractivity contribution in [1.82, 2.24) is 5.32 Å². The Kier molecular flexibility index (Phi) is 41.6. The normalized spacial score (nSPS) is 25.8. The molecule has 0 radical (unpaired) electrons. The largest absolute Gasteiger partial charge is 0.394 e. The van der Waals surface area contributed by atoms with E-state index >= 15 is 0 Å². The summed E-state index contributed by atoms with van der Waals surface area (Å²) in [6.45, 7) is 2.61. The molecular weight excluding hydrogens is 955 g/mol. The van der Waals surface area contributed by atoms with Crippen LogP contribution in [0.4, 0.5) is 0 Å². The molecule has 14 nitrogen and oxygen atoms in total. The lowest BCUT2D eigenvalue weighted by atomic mass is 9.97. The number of aliphatic hydroxyl groups is 8. The first-order chi connectivity index (χ1) is 36.6. The van der Waals surface area contributed by atoms with Gasteiger partial charge in [0, 0.05) is 6.42 Å². The second kappa shape index (κ2) is 45.9. The van der Waals surface area contributed by atoms with E-state index in [1.807, 2.05) is 6.08 Å². The summed E-state index contributed by atoms with van der Waals surface area (Å²) in [6.07, 6.45) is 45.9. The van der Waals surface area contributed by atoms with Gasteiger partial charge in [-0.2, -0.15) is 0 Å². The van der Waals surface area contributed by atoms with Crippen molar-refractivity contribution in [2.24, 2.45) is 0 Å². The van der Waals surface area contributed by atoms with E-state index in [-0.39, 0.29) is 18.9 Å². The standard InChI is InChI=1S/C61H103NO13/c1-3-5-7-9-11-13-15-17-19-20-21-22-23-24-25-26-27-28-29-30-31-33-35-37-39-41-43-45-53(66)62-49(50(65)44-42-40-38-36-34-32-18-16-14-12-10-8-6-4-2)48-72-60-58(71)56(69)59(52(47-64)74-60)75-61-57(70)55(68)54(67)51(46-63)73-61/h5,7,11,13-14,16-17,19,21-22,24-25,34,36,42,44,49-52,54-61,63-65,67-71H,3-4,6,8-10,12,15,18,20,23,26-33,35,37-41,43,45-48H2,1-2H3,(H,62,66)/b7-5-,13-11-,16-14+,19-17-,22-21-,25-24-,36-34+,44-42+. The number of hydrogen-bond donors (Lipinski definition) is 9. The van der Waals surface area contributed by atoms with Gasteiger partial charge in [-0.3, -0.25) is 4.79 Å². The minimum Gasteiger partial charge on any atom is -0.394 e. The lowest BCUT2D eigenvalue weighted by molar-refractivity contribution is -0.359. The zero-order valence-electron chi connectivity index (χ0n) is 46.0. The van der Waals surface area contributed by atoms with E-state index in [0.29, 0.717) is 12.8 Å². The van der Waals surface area contributed by atoms with Gasteiger partial charge < -0.3 is 65.1 Å². The number of ether oxygens (including phenoxy) is 4. The molecule has 12 unspecified atom stereocenters. The Morgan fingerprint density at radius 1 is 0.493 bits per heavy atom. The van der Waals surface area contributed by atoms with Gasteiger partial charge in [0.2, 0.25) is 5.91 Å². The van der Waals surface area contributed by atoms with E-state index in [9.17, 15) is 45.6 Å². The third-order valence-electron chi connectivity index (χ3n) is 13.5. The maximum absolute atomic E-state index is 13.2. The Morgan fingerprint density at radius 2 is 0.933 bits per heavy atom. The van der Waals surface area contributed by atoms with Gasteiger partial charge in [0.05, 0.1) is 32.0 Å². The Bertz CT molecular complexity index is 1620. The molecule has 2 aliphatic heterocycles. The fourth-order valence-electron chi connectivity index (χ4n) is 8.82. The van der Waals surface area contributed by atoms with Gasteiger partial charge in [0.1, 0.15) is 48.8 Å². The number of hydrogen-bond acceptors (Lipinski definition) is 13. The second-order valence-electron chi connectivity index (χ2n) is 20.0. The minimum absolute atomic E-state index is 0.260. The van der Waals surface area contributed by atoms with Gasteiger partial charge in [0.25, 0.3) is 0 Å². The number of amides is 1. The number of carbonyl (C=O) groups is 1. The summed E-state index contributed by atoms with van der Waals surface area (Å²) in [5.41, 5.74) is 0. The quantitative estimate of drug-likeness (QED) is 0.0205. The average Bonchev–Trinajstić information content (AvgIpc) is 3.41. The van der Waals surface area contributed by atoms with Crippen LogP contribution in [0.2, 0.25) is 0 Å². The first-order valence-electron chi connectivity index (χ1n) is 29.0. The molecule has 0 aromatic carbocycles. The van der Waals surface area contributed by atoms with Crippen LogP contribution in [0, 0.1) is 0 Å². The predicted octanol–water partition coefficient (Wildman–Crippen LogP) is 9.49. The van der Waals surface area contributed by atoms with Crippen molar-refractivity contribution < 1.29 is 64.6 Å². The van der Waals surface area contributed by atoms with Crippen molar-refractivity contribution in [3.63, 3.8) is 0 Å². The summed E-state index contributed by atoms with van der Waals surface area (Å²) in [4.78, 5) is 13.2. The highest BCUT2D eigenvalue weighted by Crippen LogP contribution is 2.30. The Balaban J connectivity index is 1.75. The second-order valence-corrected chi connectivity index (χ2v) is 20.0. The summed E-state index contributed by atoms with van der Waals surface area (Å²) in [5.74, 6) is -0.262. The maximum Gasteiger partial charge on any atom is 0.220 e. The number of rotatable bonds is 44. The minimum atomic E-state index is -1.80. The highest BCUT2D eigenvalue weighted by Gasteiger charge is 2.51. The van der Waals surface area contributed by atoms with Crippen LogP contribution in [-0.2, 0) is 23.7 Å². The van der Waals surface area contributed by atoms with Gasteiger partial charge in [-0.05, 0) is 89.9 Å². The van der Waals surface area contributed by atoms with Crippen LogP contribution in [0.15, 0.2) is 97.2 Å². The number of nitrogens with one attached hydrogen (secondary N) is 1. The first-order valence-corrected chi connectivity index (χ1v) is 29.0. The summed E-state index contributed by atoms with van der Waals surface area (Å²) < 4.78 is 22.7. The molecule has 1 amide bonds. The van der Waals surface area contributed by atoms with E-state index in [2.05, 4.69) is 104 Å². The molecule has 2 saturated heterocycles. The lowest BCUT2D eigenvalue weighted by Crippen LogP contribution is -2.65. The molecule has 2 aliphatic rings. The lowest BCUT2D eigenvalue weighted by Gasteiger charge is -2.46. The molecule has 12 atom stereocenters. The van der Waals surface area contributed by atoms with Crippen molar-refractivity contribution in [2.75, 3.05) is 19.8 Å². The summed E-state index contributed by atoms with van der Waals surface area (Å²) >= 11 is 0. The summed E-state index contributed by atoms with van der Waals surface area (Å²) in [6, 6.07) is -0.945. The third-order valence-corrected chi connectivity index (χ3v) is 13.5. The molecule has 0 saturated carbocycles. The van der Waals surface area contributed by atoms with Crippen molar-refractivity contribution in [1.29, 1.82) is 0 Å². The van der Waals surface area contributed by atoms with E-state index < -0.39 is 86.8 Å². The number of allylic oxidation sites excluding steroid dienone is 15. The summed E-state index contributed by atoms with van der Waals surface area (Å²) in [5, 5.41) is 86.9. The van der Waals surface area contributed by atoms with Crippen LogP contribution >= 0.6 is 0 Å². The van der Waals surface area contributed by atoms with Gasteiger partial charge in [-0.1, -0.05) is 188 Å². The first kappa shape index (κ1) is 68.0. The van der Waals surface area contributed by atoms with E-state index in [0.717, 1.165) is 83.5 Å². The molecule has 75 heavy (non-hydrogen) atoms. The monoisotopic (exact) mass is 1060 g/mol. The highest BCUT2D eigenvalue weighted by molar-refractivity contribution is 5.76. The molecule has 9 N–H and O–H groups in total. The smallest absolute Gasteiger partial charge is 0.220 e. The molecule has 430 valence electrons.